The minimum atomic E-state index is -3.75. The molecule has 2 aromatic rings. The van der Waals surface area contributed by atoms with Crippen LogP contribution < -0.4 is 9.62 Å². The summed E-state index contributed by atoms with van der Waals surface area (Å²) in [5.41, 5.74) is 0.793. The highest BCUT2D eigenvalue weighted by Crippen LogP contribution is 2.22. The highest BCUT2D eigenvalue weighted by molar-refractivity contribution is 9.10. The quantitative estimate of drug-likeness (QED) is 0.470. The summed E-state index contributed by atoms with van der Waals surface area (Å²) in [7, 11) is -3.75. The molecule has 2 aromatic carbocycles. The van der Waals surface area contributed by atoms with Crippen LogP contribution in [0.15, 0.2) is 53.0 Å². The highest BCUT2D eigenvalue weighted by atomic mass is 79.9. The standard InChI is InChI=1S/C23H29BrFN3O4S/c1-4-26-23(30)17(2)27(16-18-11-13-19(24)14-12-18)22(29)10-7-15-28(33(3,31)32)21-9-6-5-8-20(21)25/h5-6,8-9,11-14,17H,4,7,10,15-16H2,1-3H3,(H,26,30)/t17-/m1/s1. The molecular formula is C23H29BrFN3O4S. The van der Waals surface area contributed by atoms with Crippen molar-refractivity contribution in [1.82, 2.24) is 10.2 Å². The molecule has 33 heavy (non-hydrogen) atoms. The Morgan fingerprint density at radius 1 is 1.12 bits per heavy atom. The first kappa shape index (κ1) is 26.8. The van der Waals surface area contributed by atoms with E-state index < -0.39 is 21.9 Å². The van der Waals surface area contributed by atoms with E-state index in [1.807, 2.05) is 24.3 Å². The van der Waals surface area contributed by atoms with Crippen LogP contribution in [0.25, 0.3) is 0 Å². The molecule has 0 aliphatic rings. The number of anilines is 1. The third kappa shape index (κ3) is 7.82. The molecule has 1 atom stereocenters. The number of amides is 2. The van der Waals surface area contributed by atoms with Gasteiger partial charge in [0.15, 0.2) is 0 Å². The van der Waals surface area contributed by atoms with Crippen LogP contribution in [0.2, 0.25) is 0 Å². The molecule has 1 N–H and O–H groups in total. The summed E-state index contributed by atoms with van der Waals surface area (Å²) in [6, 6.07) is 12.3. The maximum atomic E-state index is 14.2. The van der Waals surface area contributed by atoms with E-state index in [9.17, 15) is 22.4 Å². The van der Waals surface area contributed by atoms with Crippen molar-refractivity contribution in [3.63, 3.8) is 0 Å². The zero-order valence-electron chi connectivity index (χ0n) is 18.9. The molecule has 0 unspecified atom stereocenters. The Kier molecular flexibility index (Phi) is 9.85. The molecule has 0 saturated carbocycles. The van der Waals surface area contributed by atoms with Gasteiger partial charge in [-0.1, -0.05) is 40.2 Å². The molecule has 0 aromatic heterocycles. The molecule has 0 spiro atoms. The van der Waals surface area contributed by atoms with Crippen molar-refractivity contribution >= 4 is 43.5 Å². The number of sulfonamides is 1. The van der Waals surface area contributed by atoms with Gasteiger partial charge in [-0.25, -0.2) is 12.8 Å². The number of nitrogens with one attached hydrogen (secondary N) is 1. The third-order valence-electron chi connectivity index (χ3n) is 5.06. The van der Waals surface area contributed by atoms with Crippen molar-refractivity contribution in [2.75, 3.05) is 23.7 Å². The van der Waals surface area contributed by atoms with E-state index in [0.29, 0.717) is 6.54 Å². The van der Waals surface area contributed by atoms with Crippen LogP contribution in [0.1, 0.15) is 32.3 Å². The smallest absolute Gasteiger partial charge is 0.242 e. The number of rotatable bonds is 11. The number of benzene rings is 2. The lowest BCUT2D eigenvalue weighted by molar-refractivity contribution is -0.140. The lowest BCUT2D eigenvalue weighted by Gasteiger charge is -2.29. The monoisotopic (exact) mass is 541 g/mol. The van der Waals surface area contributed by atoms with Gasteiger partial charge < -0.3 is 10.2 Å². The molecule has 10 heteroatoms. The third-order valence-corrected chi connectivity index (χ3v) is 6.77. The molecule has 0 radical (unpaired) electrons. The van der Waals surface area contributed by atoms with Crippen LogP contribution in [-0.4, -0.2) is 50.5 Å². The predicted octanol–water partition coefficient (Wildman–Crippen LogP) is 3.69. The molecule has 0 heterocycles. The van der Waals surface area contributed by atoms with Crippen molar-refractivity contribution in [1.29, 1.82) is 0 Å². The van der Waals surface area contributed by atoms with Gasteiger partial charge in [-0.05, 0) is 50.1 Å². The Morgan fingerprint density at radius 3 is 2.33 bits per heavy atom. The summed E-state index contributed by atoms with van der Waals surface area (Å²) in [4.78, 5) is 27.0. The molecule has 0 fully saturated rings. The van der Waals surface area contributed by atoms with E-state index in [-0.39, 0.29) is 43.4 Å². The van der Waals surface area contributed by atoms with Gasteiger partial charge in [0.1, 0.15) is 11.9 Å². The largest absolute Gasteiger partial charge is 0.355 e. The van der Waals surface area contributed by atoms with E-state index in [2.05, 4.69) is 21.2 Å². The summed E-state index contributed by atoms with van der Waals surface area (Å²) in [6.45, 7) is 4.06. The maximum Gasteiger partial charge on any atom is 0.242 e. The summed E-state index contributed by atoms with van der Waals surface area (Å²) < 4.78 is 40.5. The topological polar surface area (TPSA) is 86.8 Å². The fraction of sp³-hybridized carbons (Fsp3) is 0.391. The number of halogens is 2. The summed E-state index contributed by atoms with van der Waals surface area (Å²) in [5, 5.41) is 2.73. The Labute approximate surface area is 203 Å². The predicted molar refractivity (Wildman–Crippen MR) is 131 cm³/mol. The van der Waals surface area contributed by atoms with Gasteiger partial charge in [0.05, 0.1) is 11.9 Å². The normalized spacial score (nSPS) is 12.2. The number of carbonyl (C=O) groups is 2. The highest BCUT2D eigenvalue weighted by Gasteiger charge is 2.26. The Morgan fingerprint density at radius 2 is 1.76 bits per heavy atom. The second kappa shape index (κ2) is 12.1. The summed E-state index contributed by atoms with van der Waals surface area (Å²) >= 11 is 3.38. The molecule has 0 saturated heterocycles. The molecule has 7 nitrogen and oxygen atoms in total. The second-order valence-electron chi connectivity index (χ2n) is 7.61. The lowest BCUT2D eigenvalue weighted by atomic mass is 10.1. The number of nitrogens with zero attached hydrogens (tertiary/aromatic N) is 2. The molecule has 2 amide bonds. The number of para-hydroxylation sites is 1. The average Bonchev–Trinajstić information content (AvgIpc) is 2.76. The summed E-state index contributed by atoms with van der Waals surface area (Å²) in [6.07, 6.45) is 1.16. The van der Waals surface area contributed by atoms with Gasteiger partial charge in [-0.2, -0.15) is 0 Å². The van der Waals surface area contributed by atoms with Crippen LogP contribution >= 0.6 is 15.9 Å². The summed E-state index contributed by atoms with van der Waals surface area (Å²) in [5.74, 6) is -1.22. The zero-order chi connectivity index (χ0) is 24.6. The molecule has 0 aliphatic carbocycles. The maximum absolute atomic E-state index is 14.2. The van der Waals surface area contributed by atoms with E-state index >= 15 is 0 Å². The van der Waals surface area contributed by atoms with Gasteiger partial charge in [0.2, 0.25) is 21.8 Å². The molecule has 0 bridgehead atoms. The van der Waals surface area contributed by atoms with Gasteiger partial charge in [-0.15, -0.1) is 0 Å². The van der Waals surface area contributed by atoms with Crippen molar-refractivity contribution < 1.29 is 22.4 Å². The van der Waals surface area contributed by atoms with Crippen LogP contribution in [0.5, 0.6) is 0 Å². The average molecular weight is 542 g/mol. The van der Waals surface area contributed by atoms with Gasteiger partial charge in [0, 0.05) is 30.5 Å². The fourth-order valence-electron chi connectivity index (χ4n) is 3.33. The first-order chi connectivity index (χ1) is 15.5. The second-order valence-corrected chi connectivity index (χ2v) is 10.4. The molecule has 180 valence electrons. The van der Waals surface area contributed by atoms with Crippen LogP contribution in [0.3, 0.4) is 0 Å². The van der Waals surface area contributed by atoms with Crippen LogP contribution in [0.4, 0.5) is 10.1 Å². The van der Waals surface area contributed by atoms with Crippen LogP contribution in [0, 0.1) is 5.82 Å². The molecule has 2 rings (SSSR count). The number of carbonyl (C=O) groups excluding carboxylic acids is 2. The van der Waals surface area contributed by atoms with E-state index in [1.165, 1.54) is 23.1 Å². The van der Waals surface area contributed by atoms with Gasteiger partial charge in [0.25, 0.3) is 0 Å². The lowest BCUT2D eigenvalue weighted by Crippen LogP contribution is -2.47. The Bertz CT molecular complexity index is 1060. The minimum Gasteiger partial charge on any atom is -0.355 e. The van der Waals surface area contributed by atoms with Crippen molar-refractivity contribution in [3.05, 3.63) is 64.4 Å². The first-order valence-corrected chi connectivity index (χ1v) is 13.2. The minimum absolute atomic E-state index is 0.000740. The number of hydrogen-bond donors (Lipinski definition) is 1. The molecular weight excluding hydrogens is 513 g/mol. The van der Waals surface area contributed by atoms with Crippen LogP contribution in [-0.2, 0) is 26.2 Å². The van der Waals surface area contributed by atoms with Gasteiger partial charge in [-0.3, -0.25) is 13.9 Å². The fourth-order valence-corrected chi connectivity index (χ4v) is 4.56. The Balaban J connectivity index is 2.15. The zero-order valence-corrected chi connectivity index (χ0v) is 21.3. The van der Waals surface area contributed by atoms with E-state index in [0.717, 1.165) is 20.6 Å². The Hall–Kier alpha value is -2.46. The van der Waals surface area contributed by atoms with E-state index in [1.54, 1.807) is 19.9 Å². The van der Waals surface area contributed by atoms with Crippen molar-refractivity contribution in [2.45, 2.75) is 39.3 Å². The van der Waals surface area contributed by atoms with Crippen molar-refractivity contribution in [2.24, 2.45) is 0 Å². The first-order valence-electron chi connectivity index (χ1n) is 10.6. The molecule has 0 aliphatic heterocycles. The number of likely N-dealkylation sites (N-methyl/N-ethyl adjacent to an activating group) is 1. The number of hydrogen-bond acceptors (Lipinski definition) is 4. The SMILES string of the molecule is CCNC(=O)[C@@H](C)N(Cc1ccc(Br)cc1)C(=O)CCCN(c1ccccc1F)S(C)(=O)=O. The van der Waals surface area contributed by atoms with Gasteiger partial charge >= 0.3 is 0 Å². The van der Waals surface area contributed by atoms with Crippen molar-refractivity contribution in [3.8, 4) is 0 Å². The van der Waals surface area contributed by atoms with E-state index in [4.69, 9.17) is 0 Å².